The van der Waals surface area contributed by atoms with E-state index in [1.54, 1.807) is 12.4 Å². The van der Waals surface area contributed by atoms with E-state index in [1.807, 2.05) is 0 Å². The van der Waals surface area contributed by atoms with E-state index < -0.39 is 31.1 Å². The van der Waals surface area contributed by atoms with E-state index in [0.717, 1.165) is 12.0 Å². The number of primary amides is 1. The molecule has 0 saturated carbocycles. The smallest absolute Gasteiger partial charge is 0.254 e. The number of fused-ring (bicyclic) bond motifs is 1. The number of nitrogens with zero attached hydrogens (tertiary/aromatic N) is 6. The molecule has 1 amide bonds. The molecule has 0 spiro atoms. The van der Waals surface area contributed by atoms with Gasteiger partial charge in [0, 0.05) is 19.2 Å². The molecule has 2 aliphatic heterocycles. The number of amides is 1. The largest absolute Gasteiger partial charge is 0.394 e. The minimum Gasteiger partial charge on any atom is -0.394 e. The summed E-state index contributed by atoms with van der Waals surface area (Å²) in [5, 5.41) is 37.9. The Morgan fingerprint density at radius 2 is 2.14 bits per heavy atom. The van der Waals surface area contributed by atoms with E-state index in [0.29, 0.717) is 43.0 Å². The maximum atomic E-state index is 11.0. The number of carbonyl (C=O) groups is 1. The van der Waals surface area contributed by atoms with Crippen molar-refractivity contribution in [1.82, 2.24) is 29.3 Å². The van der Waals surface area contributed by atoms with Crippen LogP contribution < -0.4 is 11.1 Å². The van der Waals surface area contributed by atoms with E-state index in [4.69, 9.17) is 15.2 Å². The highest BCUT2D eigenvalue weighted by Crippen LogP contribution is 2.33. The summed E-state index contributed by atoms with van der Waals surface area (Å²) in [5.74, 6) is 0.376. The predicted octanol–water partition coefficient (Wildman–Crippen LogP) is -1.37. The van der Waals surface area contributed by atoms with Crippen molar-refractivity contribution < 1.29 is 29.6 Å². The zero-order valence-electron chi connectivity index (χ0n) is 18.9. The molecule has 2 fully saturated rings. The number of carbonyl (C=O) groups excluding carboxylic acids is 1. The van der Waals surface area contributed by atoms with Crippen molar-refractivity contribution in [3.8, 4) is 5.95 Å². The summed E-state index contributed by atoms with van der Waals surface area (Å²) >= 11 is 0. The average Bonchev–Trinajstić information content (AvgIpc) is 3.63. The number of ether oxygens (including phenoxy) is 2. The summed E-state index contributed by atoms with van der Waals surface area (Å²) in [6, 6.07) is 0.0435. The van der Waals surface area contributed by atoms with Crippen LogP contribution in [0.4, 0.5) is 5.82 Å². The Hall–Kier alpha value is -3.17. The van der Waals surface area contributed by atoms with Gasteiger partial charge in [0.2, 0.25) is 5.91 Å². The Morgan fingerprint density at radius 1 is 1.29 bits per heavy atom. The molecule has 0 aliphatic carbocycles. The van der Waals surface area contributed by atoms with Crippen LogP contribution in [0.5, 0.6) is 0 Å². The Bertz CT molecular complexity index is 1190. The lowest BCUT2D eigenvalue weighted by Crippen LogP contribution is -2.33. The van der Waals surface area contributed by atoms with Crippen molar-refractivity contribution in [2.24, 2.45) is 5.73 Å². The van der Waals surface area contributed by atoms with Crippen LogP contribution in [0, 0.1) is 0 Å². The zero-order valence-corrected chi connectivity index (χ0v) is 18.9. The second-order valence-electron chi connectivity index (χ2n) is 8.74. The molecule has 3 aromatic heterocycles. The summed E-state index contributed by atoms with van der Waals surface area (Å²) < 4.78 is 14.2. The lowest BCUT2D eigenvalue weighted by Gasteiger charge is -2.17. The van der Waals surface area contributed by atoms with Crippen LogP contribution in [0.1, 0.15) is 31.1 Å². The van der Waals surface area contributed by atoms with Crippen LogP contribution in [-0.4, -0.2) is 94.7 Å². The molecule has 5 atom stereocenters. The predicted molar refractivity (Wildman–Crippen MR) is 120 cm³/mol. The van der Waals surface area contributed by atoms with Crippen molar-refractivity contribution in [2.45, 2.75) is 56.3 Å². The Morgan fingerprint density at radius 3 is 2.86 bits per heavy atom. The highest BCUT2D eigenvalue weighted by atomic mass is 16.6. The van der Waals surface area contributed by atoms with Crippen molar-refractivity contribution in [3.63, 3.8) is 0 Å². The fourth-order valence-corrected chi connectivity index (χ4v) is 4.31. The molecule has 3 aromatic rings. The highest BCUT2D eigenvalue weighted by Gasteiger charge is 2.44. The van der Waals surface area contributed by atoms with E-state index in [9.17, 15) is 20.1 Å². The molecule has 0 aromatic carbocycles. The first-order chi connectivity index (χ1) is 16.9. The number of aliphatic hydroxyl groups is 3. The standard InChI is InChI=1S/C21H28N8O6/c22-14(31)3-1-2-11-6-24-29(7-11)21-26-18(25-12-4-5-34-9-12)15-19(27-21)28(10-23-15)20-17(33)16(32)13(8-30)35-20/h6-7,10,12-13,16-17,20,30,32-33H,1-5,8-9H2,(H2,22,31)(H,25,26,27)/t12-,13-,16-,17-,20-/m1/s1. The third-order valence-corrected chi connectivity index (χ3v) is 6.20. The Balaban J connectivity index is 1.51. The quantitative estimate of drug-likeness (QED) is 0.238. The van der Waals surface area contributed by atoms with Crippen molar-refractivity contribution >= 4 is 22.9 Å². The average molecular weight is 489 g/mol. The molecule has 6 N–H and O–H groups in total. The topological polar surface area (TPSA) is 196 Å². The molecule has 2 saturated heterocycles. The van der Waals surface area contributed by atoms with Gasteiger partial charge in [0.15, 0.2) is 23.2 Å². The summed E-state index contributed by atoms with van der Waals surface area (Å²) in [4.78, 5) is 24.7. The molecule has 2 aliphatic rings. The van der Waals surface area contributed by atoms with E-state index in [2.05, 4.69) is 25.4 Å². The maximum Gasteiger partial charge on any atom is 0.254 e. The van der Waals surface area contributed by atoms with Crippen molar-refractivity contribution in [2.75, 3.05) is 25.1 Å². The number of hydrogen-bond donors (Lipinski definition) is 5. The monoisotopic (exact) mass is 488 g/mol. The highest BCUT2D eigenvalue weighted by molar-refractivity contribution is 5.84. The number of imidazole rings is 1. The van der Waals surface area contributed by atoms with Crippen LogP contribution in [0.25, 0.3) is 17.1 Å². The van der Waals surface area contributed by atoms with Crippen LogP contribution in [0.15, 0.2) is 18.7 Å². The lowest BCUT2D eigenvalue weighted by atomic mass is 10.1. The van der Waals surface area contributed by atoms with Gasteiger partial charge in [0.05, 0.1) is 31.8 Å². The van der Waals surface area contributed by atoms with Gasteiger partial charge in [-0.2, -0.15) is 15.1 Å². The molecule has 35 heavy (non-hydrogen) atoms. The maximum absolute atomic E-state index is 11.0. The van der Waals surface area contributed by atoms with Gasteiger partial charge in [-0.05, 0) is 24.8 Å². The third-order valence-electron chi connectivity index (χ3n) is 6.20. The summed E-state index contributed by atoms with van der Waals surface area (Å²) in [5.41, 5.74) is 6.92. The number of aliphatic hydroxyl groups excluding tert-OH is 3. The van der Waals surface area contributed by atoms with Crippen LogP contribution in [0.3, 0.4) is 0 Å². The van der Waals surface area contributed by atoms with Crippen LogP contribution >= 0.6 is 0 Å². The Kier molecular flexibility index (Phi) is 6.62. The number of rotatable bonds is 9. The van der Waals surface area contributed by atoms with Gasteiger partial charge in [-0.3, -0.25) is 9.36 Å². The van der Waals surface area contributed by atoms with Crippen LogP contribution in [-0.2, 0) is 20.7 Å². The summed E-state index contributed by atoms with van der Waals surface area (Å²) in [6.07, 6.45) is 2.75. The van der Waals surface area contributed by atoms with Gasteiger partial charge in [-0.25, -0.2) is 9.67 Å². The van der Waals surface area contributed by atoms with E-state index >= 15 is 0 Å². The summed E-state index contributed by atoms with van der Waals surface area (Å²) in [7, 11) is 0. The third kappa shape index (κ3) is 4.70. The van der Waals surface area contributed by atoms with Gasteiger partial charge in [-0.15, -0.1) is 0 Å². The molecular weight excluding hydrogens is 460 g/mol. The molecule has 14 heteroatoms. The molecule has 0 radical (unpaired) electrons. The minimum absolute atomic E-state index is 0.0435. The number of aromatic nitrogens is 6. The van der Waals surface area contributed by atoms with Gasteiger partial charge in [0.1, 0.15) is 18.3 Å². The van der Waals surface area contributed by atoms with Crippen LogP contribution in [0.2, 0.25) is 0 Å². The molecule has 5 rings (SSSR count). The molecular formula is C21H28N8O6. The second-order valence-corrected chi connectivity index (χ2v) is 8.74. The second kappa shape index (κ2) is 9.83. The molecule has 0 unspecified atom stereocenters. The first-order valence-electron chi connectivity index (χ1n) is 11.5. The van der Waals surface area contributed by atoms with E-state index in [1.165, 1.54) is 15.6 Å². The fraction of sp³-hybridized carbons (Fsp3) is 0.571. The molecule has 188 valence electrons. The number of nitrogens with two attached hydrogens (primary N) is 1. The van der Waals surface area contributed by atoms with Crippen molar-refractivity contribution in [3.05, 3.63) is 24.3 Å². The van der Waals surface area contributed by atoms with Gasteiger partial charge < -0.3 is 35.8 Å². The molecule has 0 bridgehead atoms. The molecule has 5 heterocycles. The number of nitrogens with one attached hydrogen (secondary N) is 1. The molecule has 14 nitrogen and oxygen atoms in total. The number of aryl methyl sites for hydroxylation is 1. The lowest BCUT2D eigenvalue weighted by molar-refractivity contribution is -0.118. The van der Waals surface area contributed by atoms with Gasteiger partial charge in [-0.1, -0.05) is 0 Å². The minimum atomic E-state index is -1.29. The first kappa shape index (κ1) is 23.6. The normalized spacial score (nSPS) is 26.5. The number of anilines is 1. The van der Waals surface area contributed by atoms with Gasteiger partial charge in [0.25, 0.3) is 5.95 Å². The van der Waals surface area contributed by atoms with Crippen molar-refractivity contribution in [1.29, 1.82) is 0 Å². The van der Waals surface area contributed by atoms with Gasteiger partial charge >= 0.3 is 0 Å². The fourth-order valence-electron chi connectivity index (χ4n) is 4.31. The number of hydrogen-bond acceptors (Lipinski definition) is 11. The zero-order chi connectivity index (χ0) is 24.5. The summed E-state index contributed by atoms with van der Waals surface area (Å²) in [6.45, 7) is 0.730. The van der Waals surface area contributed by atoms with E-state index in [-0.39, 0.29) is 24.3 Å². The SMILES string of the molecule is NC(=O)CCCc1cnn(-c2nc(N[C@@H]3CCOC3)c3ncn([C@@H]4O[C@H](CO)[C@@H](O)[C@H]4O)c3n2)c1. The Labute approximate surface area is 199 Å². The first-order valence-corrected chi connectivity index (χ1v) is 11.5.